The van der Waals surface area contributed by atoms with Gasteiger partial charge in [0.25, 0.3) is 0 Å². The number of rotatable bonds is 6. The molecule has 2 rings (SSSR count). The molecule has 0 atom stereocenters. The first-order valence-electron chi connectivity index (χ1n) is 7.68. The van der Waals surface area contributed by atoms with Gasteiger partial charge < -0.3 is 9.47 Å². The van der Waals surface area contributed by atoms with Gasteiger partial charge in [0, 0.05) is 6.92 Å². The van der Waals surface area contributed by atoms with E-state index in [1.807, 2.05) is 12.1 Å². The topological polar surface area (TPSA) is 52.6 Å². The van der Waals surface area contributed by atoms with Gasteiger partial charge in [0.15, 0.2) is 0 Å². The van der Waals surface area contributed by atoms with E-state index in [-0.39, 0.29) is 0 Å². The molecule has 23 heavy (non-hydrogen) atoms. The number of hydrogen-bond donors (Lipinski definition) is 0. The van der Waals surface area contributed by atoms with Gasteiger partial charge in [0.1, 0.15) is 11.5 Å². The Bertz CT molecular complexity index is 657. The third-order valence-electron chi connectivity index (χ3n) is 3.30. The van der Waals surface area contributed by atoms with Crippen LogP contribution >= 0.6 is 0 Å². The summed E-state index contributed by atoms with van der Waals surface area (Å²) in [5.74, 6) is 0.0173. The fraction of sp³-hybridized carbons (Fsp3) is 0.263. The molecular formula is C19H20O4. The third-order valence-corrected chi connectivity index (χ3v) is 3.30. The first-order chi connectivity index (χ1) is 11.1. The molecule has 0 radical (unpaired) electrons. The van der Waals surface area contributed by atoms with E-state index >= 15 is 0 Å². The minimum atomic E-state index is -0.410. The van der Waals surface area contributed by atoms with Crippen molar-refractivity contribution >= 4 is 11.9 Å². The molecular weight excluding hydrogens is 292 g/mol. The summed E-state index contributed by atoms with van der Waals surface area (Å²) in [6.07, 6.45) is 3.30. The molecule has 0 saturated heterocycles. The van der Waals surface area contributed by atoms with Gasteiger partial charge in [-0.25, -0.2) is 4.79 Å². The molecule has 2 aromatic carbocycles. The van der Waals surface area contributed by atoms with Crippen molar-refractivity contribution in [2.24, 2.45) is 0 Å². The number of unbranched alkanes of at least 4 members (excludes halogenated alkanes) is 1. The molecule has 0 saturated carbocycles. The predicted octanol–water partition coefficient (Wildman–Crippen LogP) is 4.17. The smallest absolute Gasteiger partial charge is 0.343 e. The maximum absolute atomic E-state index is 12.1. The van der Waals surface area contributed by atoms with Gasteiger partial charge >= 0.3 is 11.9 Å². The van der Waals surface area contributed by atoms with Gasteiger partial charge in [0.2, 0.25) is 0 Å². The van der Waals surface area contributed by atoms with Gasteiger partial charge in [-0.3, -0.25) is 4.79 Å². The van der Waals surface area contributed by atoms with E-state index in [1.54, 1.807) is 36.4 Å². The van der Waals surface area contributed by atoms with Crippen LogP contribution in [0.4, 0.5) is 0 Å². The molecule has 0 aromatic heterocycles. The van der Waals surface area contributed by atoms with Crippen LogP contribution in [0.1, 0.15) is 42.6 Å². The fourth-order valence-electron chi connectivity index (χ4n) is 2.10. The SMILES string of the molecule is CCCCc1ccc(C(=O)Oc2ccc(OC(C)=O)cc2)cc1. The minimum Gasteiger partial charge on any atom is -0.427 e. The highest BCUT2D eigenvalue weighted by atomic mass is 16.5. The zero-order valence-electron chi connectivity index (χ0n) is 13.4. The molecule has 0 bridgehead atoms. The van der Waals surface area contributed by atoms with E-state index in [1.165, 1.54) is 12.5 Å². The summed E-state index contributed by atoms with van der Waals surface area (Å²) in [6.45, 7) is 3.48. The summed E-state index contributed by atoms with van der Waals surface area (Å²) in [5, 5.41) is 0. The number of benzene rings is 2. The molecule has 0 N–H and O–H groups in total. The molecule has 0 unspecified atom stereocenters. The quantitative estimate of drug-likeness (QED) is 0.593. The number of aryl methyl sites for hydroxylation is 1. The summed E-state index contributed by atoms with van der Waals surface area (Å²) in [5.41, 5.74) is 1.73. The van der Waals surface area contributed by atoms with Crippen LogP contribution in [0.5, 0.6) is 11.5 Å². The molecule has 0 aliphatic rings. The first-order valence-corrected chi connectivity index (χ1v) is 7.68. The van der Waals surface area contributed by atoms with Crippen molar-refractivity contribution in [1.29, 1.82) is 0 Å². The maximum Gasteiger partial charge on any atom is 0.343 e. The van der Waals surface area contributed by atoms with Crippen LogP contribution < -0.4 is 9.47 Å². The highest BCUT2D eigenvalue weighted by molar-refractivity contribution is 5.91. The van der Waals surface area contributed by atoms with Gasteiger partial charge in [-0.2, -0.15) is 0 Å². The Balaban J connectivity index is 1.96. The second kappa shape index (κ2) is 8.13. The number of ether oxygens (including phenoxy) is 2. The summed E-state index contributed by atoms with van der Waals surface area (Å²) in [7, 11) is 0. The van der Waals surface area contributed by atoms with Gasteiger partial charge in [0.05, 0.1) is 5.56 Å². The molecule has 120 valence electrons. The first kappa shape index (κ1) is 16.7. The lowest BCUT2D eigenvalue weighted by Gasteiger charge is -2.06. The van der Waals surface area contributed by atoms with Crippen molar-refractivity contribution in [1.82, 2.24) is 0 Å². The van der Waals surface area contributed by atoms with Crippen LogP contribution in [0.3, 0.4) is 0 Å². The number of carbonyl (C=O) groups excluding carboxylic acids is 2. The lowest BCUT2D eigenvalue weighted by atomic mass is 10.1. The van der Waals surface area contributed by atoms with Crippen molar-refractivity contribution in [2.75, 3.05) is 0 Å². The predicted molar refractivity (Wildman–Crippen MR) is 87.8 cm³/mol. The Morgan fingerprint density at radius 1 is 0.870 bits per heavy atom. The fourth-order valence-corrected chi connectivity index (χ4v) is 2.10. The van der Waals surface area contributed by atoms with E-state index in [2.05, 4.69) is 6.92 Å². The minimum absolute atomic E-state index is 0.391. The Morgan fingerprint density at radius 2 is 1.43 bits per heavy atom. The molecule has 0 aliphatic carbocycles. The van der Waals surface area contributed by atoms with Crippen LogP contribution in [0.15, 0.2) is 48.5 Å². The normalized spacial score (nSPS) is 10.2. The number of hydrogen-bond acceptors (Lipinski definition) is 4. The summed E-state index contributed by atoms with van der Waals surface area (Å²) >= 11 is 0. The van der Waals surface area contributed by atoms with Gasteiger partial charge in [-0.15, -0.1) is 0 Å². The van der Waals surface area contributed by atoms with Crippen LogP contribution in [-0.2, 0) is 11.2 Å². The van der Waals surface area contributed by atoms with Crippen molar-refractivity contribution in [3.63, 3.8) is 0 Å². The van der Waals surface area contributed by atoms with E-state index in [0.29, 0.717) is 17.1 Å². The van der Waals surface area contributed by atoms with E-state index < -0.39 is 11.9 Å². The second-order valence-corrected chi connectivity index (χ2v) is 5.26. The Morgan fingerprint density at radius 3 is 1.96 bits per heavy atom. The molecule has 0 aliphatic heterocycles. The molecule has 0 amide bonds. The summed E-state index contributed by atoms with van der Waals surface area (Å²) in [6, 6.07) is 13.8. The molecule has 0 fully saturated rings. The standard InChI is InChI=1S/C19H20O4/c1-3-4-5-15-6-8-16(9-7-15)19(21)23-18-12-10-17(11-13-18)22-14(2)20/h6-13H,3-5H2,1-2H3. The van der Waals surface area contributed by atoms with Crippen LogP contribution in [0, 0.1) is 0 Å². The Hall–Kier alpha value is -2.62. The van der Waals surface area contributed by atoms with E-state index in [9.17, 15) is 9.59 Å². The van der Waals surface area contributed by atoms with Crippen LogP contribution in [0.25, 0.3) is 0 Å². The molecule has 0 spiro atoms. The average Bonchev–Trinajstić information content (AvgIpc) is 2.54. The van der Waals surface area contributed by atoms with E-state index in [4.69, 9.17) is 9.47 Å². The van der Waals surface area contributed by atoms with Gasteiger partial charge in [-0.1, -0.05) is 25.5 Å². The number of carbonyl (C=O) groups is 2. The van der Waals surface area contributed by atoms with Crippen molar-refractivity contribution in [2.45, 2.75) is 33.1 Å². The largest absolute Gasteiger partial charge is 0.427 e. The molecule has 2 aromatic rings. The van der Waals surface area contributed by atoms with Crippen LogP contribution in [-0.4, -0.2) is 11.9 Å². The Labute approximate surface area is 136 Å². The van der Waals surface area contributed by atoms with Crippen LogP contribution in [0.2, 0.25) is 0 Å². The van der Waals surface area contributed by atoms with Crippen molar-refractivity contribution in [3.05, 3.63) is 59.7 Å². The van der Waals surface area contributed by atoms with Gasteiger partial charge in [-0.05, 0) is 54.8 Å². The highest BCUT2D eigenvalue weighted by Gasteiger charge is 2.09. The molecule has 4 nitrogen and oxygen atoms in total. The highest BCUT2D eigenvalue weighted by Crippen LogP contribution is 2.19. The lowest BCUT2D eigenvalue weighted by molar-refractivity contribution is -0.131. The van der Waals surface area contributed by atoms with Crippen molar-refractivity contribution < 1.29 is 19.1 Å². The zero-order valence-corrected chi connectivity index (χ0v) is 13.4. The summed E-state index contributed by atoms with van der Waals surface area (Å²) < 4.78 is 10.2. The van der Waals surface area contributed by atoms with Crippen molar-refractivity contribution in [3.8, 4) is 11.5 Å². The average molecular weight is 312 g/mol. The lowest BCUT2D eigenvalue weighted by Crippen LogP contribution is -2.08. The second-order valence-electron chi connectivity index (χ2n) is 5.26. The molecule has 0 heterocycles. The third kappa shape index (κ3) is 5.25. The monoisotopic (exact) mass is 312 g/mol. The number of esters is 2. The zero-order chi connectivity index (χ0) is 16.7. The van der Waals surface area contributed by atoms with E-state index in [0.717, 1.165) is 19.3 Å². The maximum atomic E-state index is 12.1. The summed E-state index contributed by atoms with van der Waals surface area (Å²) in [4.78, 5) is 22.9. The Kier molecular flexibility index (Phi) is 5.92. The molecule has 4 heteroatoms.